The van der Waals surface area contributed by atoms with Gasteiger partial charge in [-0.2, -0.15) is 5.10 Å². The lowest BCUT2D eigenvalue weighted by molar-refractivity contribution is 0.590. The Kier molecular flexibility index (Phi) is 6.65. The molecule has 1 aromatic rings. The number of thiocarbonyl (C=S) groups is 1. The van der Waals surface area contributed by atoms with Gasteiger partial charge in [0.2, 0.25) is 0 Å². The Labute approximate surface area is 127 Å². The molecule has 110 valence electrons. The fourth-order valence-corrected chi connectivity index (χ4v) is 1.81. The lowest BCUT2D eigenvalue weighted by Gasteiger charge is -2.18. The molecule has 0 radical (unpaired) electrons. The molecule has 0 atom stereocenters. The van der Waals surface area contributed by atoms with Crippen LogP contribution in [0.3, 0.4) is 0 Å². The summed E-state index contributed by atoms with van der Waals surface area (Å²) in [5.74, 6) is 0. The Morgan fingerprint density at radius 3 is 2.45 bits per heavy atom. The molecule has 0 aliphatic carbocycles. The van der Waals surface area contributed by atoms with Crippen molar-refractivity contribution in [3.8, 4) is 0 Å². The number of benzene rings is 1. The maximum atomic E-state index is 5.12. The zero-order valence-corrected chi connectivity index (χ0v) is 13.7. The van der Waals surface area contributed by atoms with Gasteiger partial charge in [-0.05, 0) is 35.2 Å². The third-order valence-electron chi connectivity index (χ3n) is 2.97. The van der Waals surface area contributed by atoms with Crippen LogP contribution in [-0.4, -0.2) is 17.9 Å². The highest BCUT2D eigenvalue weighted by atomic mass is 32.1. The summed E-state index contributed by atoms with van der Waals surface area (Å²) in [6, 6.07) is 8.41. The number of nitrogens with zero attached hydrogens (tertiary/aromatic N) is 1. The van der Waals surface area contributed by atoms with Gasteiger partial charge in [0, 0.05) is 6.54 Å². The van der Waals surface area contributed by atoms with E-state index in [-0.39, 0.29) is 5.41 Å². The van der Waals surface area contributed by atoms with Gasteiger partial charge in [0.1, 0.15) is 0 Å². The summed E-state index contributed by atoms with van der Waals surface area (Å²) in [4.78, 5) is 0. The highest BCUT2D eigenvalue weighted by Crippen LogP contribution is 2.21. The van der Waals surface area contributed by atoms with Crippen LogP contribution in [0.2, 0.25) is 0 Å². The first-order valence-electron chi connectivity index (χ1n) is 7.11. The third-order valence-corrected chi connectivity index (χ3v) is 3.21. The SMILES string of the molecule is CCCCNC(=S)NN=Cc1ccc(C(C)(C)C)cc1. The molecule has 0 unspecified atom stereocenters. The summed E-state index contributed by atoms with van der Waals surface area (Å²) in [6.07, 6.45) is 4.04. The fraction of sp³-hybridized carbons (Fsp3) is 0.500. The molecule has 1 aromatic carbocycles. The van der Waals surface area contributed by atoms with E-state index in [4.69, 9.17) is 12.2 Å². The number of hydrazone groups is 1. The van der Waals surface area contributed by atoms with Crippen LogP contribution < -0.4 is 10.7 Å². The van der Waals surface area contributed by atoms with Crippen LogP contribution in [-0.2, 0) is 5.41 Å². The molecule has 0 amide bonds. The summed E-state index contributed by atoms with van der Waals surface area (Å²) in [6.45, 7) is 9.66. The molecule has 0 fully saturated rings. The Bertz CT molecular complexity index is 444. The van der Waals surface area contributed by atoms with E-state index in [0.717, 1.165) is 24.9 Å². The topological polar surface area (TPSA) is 36.4 Å². The van der Waals surface area contributed by atoms with Crippen LogP contribution in [0.1, 0.15) is 51.7 Å². The Hall–Kier alpha value is -1.42. The average molecular weight is 291 g/mol. The predicted octanol–water partition coefficient (Wildman–Crippen LogP) is 3.58. The number of nitrogens with one attached hydrogen (secondary N) is 2. The van der Waals surface area contributed by atoms with E-state index in [9.17, 15) is 0 Å². The molecule has 0 saturated carbocycles. The molecule has 0 aliphatic rings. The lowest BCUT2D eigenvalue weighted by Crippen LogP contribution is -2.32. The van der Waals surface area contributed by atoms with Crippen molar-refractivity contribution in [3.05, 3.63) is 35.4 Å². The fourth-order valence-electron chi connectivity index (χ4n) is 1.65. The zero-order chi connectivity index (χ0) is 15.0. The van der Waals surface area contributed by atoms with E-state index in [1.807, 2.05) is 0 Å². The summed E-state index contributed by atoms with van der Waals surface area (Å²) in [5, 5.41) is 7.81. The third kappa shape index (κ3) is 6.15. The summed E-state index contributed by atoms with van der Waals surface area (Å²) in [7, 11) is 0. The van der Waals surface area contributed by atoms with Gasteiger partial charge < -0.3 is 5.32 Å². The number of unbranched alkanes of at least 4 members (excludes halogenated alkanes) is 1. The van der Waals surface area contributed by atoms with Gasteiger partial charge in [-0.15, -0.1) is 0 Å². The minimum atomic E-state index is 0.179. The summed E-state index contributed by atoms with van der Waals surface area (Å²) in [5.41, 5.74) is 5.38. The molecule has 0 heterocycles. The largest absolute Gasteiger partial charge is 0.361 e. The normalized spacial score (nSPS) is 11.6. The van der Waals surface area contributed by atoms with Crippen LogP contribution in [0, 0.1) is 0 Å². The van der Waals surface area contributed by atoms with Crippen molar-refractivity contribution in [1.82, 2.24) is 10.7 Å². The number of hydrogen-bond donors (Lipinski definition) is 2. The van der Waals surface area contributed by atoms with Crippen LogP contribution in [0.25, 0.3) is 0 Å². The van der Waals surface area contributed by atoms with E-state index in [0.29, 0.717) is 5.11 Å². The van der Waals surface area contributed by atoms with Crippen molar-refractivity contribution in [2.45, 2.75) is 46.0 Å². The van der Waals surface area contributed by atoms with Gasteiger partial charge in [0.15, 0.2) is 5.11 Å². The molecule has 0 bridgehead atoms. The van der Waals surface area contributed by atoms with E-state index >= 15 is 0 Å². The van der Waals surface area contributed by atoms with E-state index in [1.54, 1.807) is 6.21 Å². The molecular weight excluding hydrogens is 266 g/mol. The summed E-state index contributed by atoms with van der Waals surface area (Å²) >= 11 is 5.12. The smallest absolute Gasteiger partial charge is 0.186 e. The van der Waals surface area contributed by atoms with Crippen molar-refractivity contribution < 1.29 is 0 Å². The first-order chi connectivity index (χ1) is 9.43. The standard InChI is InChI=1S/C16H25N3S/c1-5-6-11-17-15(20)19-18-12-13-7-9-14(10-8-13)16(2,3)4/h7-10,12H,5-6,11H2,1-4H3,(H2,17,19,20). The van der Waals surface area contributed by atoms with Gasteiger partial charge in [0.05, 0.1) is 6.21 Å². The molecule has 0 aromatic heterocycles. The van der Waals surface area contributed by atoms with E-state index < -0.39 is 0 Å². The zero-order valence-electron chi connectivity index (χ0n) is 12.9. The van der Waals surface area contributed by atoms with Gasteiger partial charge in [0.25, 0.3) is 0 Å². The van der Waals surface area contributed by atoms with Gasteiger partial charge in [-0.3, -0.25) is 5.43 Å². The quantitative estimate of drug-likeness (QED) is 0.377. The highest BCUT2D eigenvalue weighted by molar-refractivity contribution is 7.80. The van der Waals surface area contributed by atoms with Gasteiger partial charge >= 0.3 is 0 Å². The Balaban J connectivity index is 2.44. The summed E-state index contributed by atoms with van der Waals surface area (Å²) < 4.78 is 0. The van der Waals surface area contributed by atoms with Gasteiger partial charge in [-0.25, -0.2) is 0 Å². The molecule has 4 heteroatoms. The van der Waals surface area contributed by atoms with Crippen LogP contribution in [0.5, 0.6) is 0 Å². The maximum Gasteiger partial charge on any atom is 0.186 e. The minimum absolute atomic E-state index is 0.179. The lowest BCUT2D eigenvalue weighted by atomic mass is 9.87. The van der Waals surface area contributed by atoms with Crippen molar-refractivity contribution in [1.29, 1.82) is 0 Å². The molecular formula is C16H25N3S. The van der Waals surface area contributed by atoms with E-state index in [1.165, 1.54) is 5.56 Å². The van der Waals surface area contributed by atoms with E-state index in [2.05, 4.69) is 67.8 Å². The number of hydrogen-bond acceptors (Lipinski definition) is 2. The molecule has 0 aliphatic heterocycles. The van der Waals surface area contributed by atoms with Crippen molar-refractivity contribution in [3.63, 3.8) is 0 Å². The Morgan fingerprint density at radius 1 is 1.25 bits per heavy atom. The second kappa shape index (κ2) is 8.00. The first kappa shape index (κ1) is 16.6. The van der Waals surface area contributed by atoms with Crippen LogP contribution in [0.4, 0.5) is 0 Å². The van der Waals surface area contributed by atoms with Crippen molar-refractivity contribution >= 4 is 23.5 Å². The average Bonchev–Trinajstić information content (AvgIpc) is 2.38. The Morgan fingerprint density at radius 2 is 1.90 bits per heavy atom. The predicted molar refractivity (Wildman–Crippen MR) is 91.4 cm³/mol. The second-order valence-corrected chi connectivity index (χ2v) is 6.26. The molecule has 0 saturated heterocycles. The van der Waals surface area contributed by atoms with Crippen LogP contribution >= 0.6 is 12.2 Å². The van der Waals surface area contributed by atoms with Gasteiger partial charge in [-0.1, -0.05) is 58.4 Å². The monoisotopic (exact) mass is 291 g/mol. The molecule has 2 N–H and O–H groups in total. The van der Waals surface area contributed by atoms with Crippen molar-refractivity contribution in [2.24, 2.45) is 5.10 Å². The maximum absolute atomic E-state index is 5.12. The molecule has 20 heavy (non-hydrogen) atoms. The first-order valence-corrected chi connectivity index (χ1v) is 7.51. The molecule has 0 spiro atoms. The molecule has 1 rings (SSSR count). The minimum Gasteiger partial charge on any atom is -0.361 e. The highest BCUT2D eigenvalue weighted by Gasteiger charge is 2.12. The van der Waals surface area contributed by atoms with Crippen LogP contribution in [0.15, 0.2) is 29.4 Å². The van der Waals surface area contributed by atoms with Crippen molar-refractivity contribution in [2.75, 3.05) is 6.54 Å². The molecule has 3 nitrogen and oxygen atoms in total. The second-order valence-electron chi connectivity index (χ2n) is 5.85. The number of rotatable bonds is 5.